The van der Waals surface area contributed by atoms with Gasteiger partial charge >= 0.3 is 5.97 Å². The fraction of sp³-hybridized carbons (Fsp3) is 0.100. The molecular weight excluding hydrogens is 574 g/mol. The van der Waals surface area contributed by atoms with Crippen LogP contribution in [0, 0.1) is 0 Å². The Morgan fingerprint density at radius 2 is 1.86 bits per heavy atom. The number of carboxylic acids is 1. The van der Waals surface area contributed by atoms with Gasteiger partial charge in [-0.15, -0.1) is 5.10 Å². The van der Waals surface area contributed by atoms with Gasteiger partial charge in [-0.05, 0) is 52.4 Å². The summed E-state index contributed by atoms with van der Waals surface area (Å²) in [7, 11) is 1.48. The van der Waals surface area contributed by atoms with Crippen LogP contribution in [0.4, 0.5) is 0 Å². The first-order valence-corrected chi connectivity index (χ1v) is 13.3. The Bertz CT molecular complexity index is 2090. The Hall–Kier alpha value is -5.62. The number of methoxy groups -OCH3 is 1. The smallest absolute Gasteiger partial charge is 0.335 e. The molecule has 0 aliphatic carbocycles. The number of hydrogen-bond acceptors (Lipinski definition) is 8. The molecule has 0 bridgehead atoms. The van der Waals surface area contributed by atoms with Crippen LogP contribution in [0.15, 0.2) is 94.9 Å². The molecule has 0 saturated carbocycles. The third kappa shape index (κ3) is 5.38. The molecule has 0 aliphatic rings. The van der Waals surface area contributed by atoms with Crippen LogP contribution in [-0.2, 0) is 6.42 Å². The molecule has 0 aliphatic heterocycles. The standard InChI is InChI=1S/C30H22ClN7O5/c1-43-26-15-37(27(39)14-21(26)20-13-19(31)8-10-24(20)38-16-32-35-36-38)25(11-17-5-3-2-4-6-17)28-33-23-9-7-18(30(41)42)12-22(23)29(40)34-28/h2-10,12-16,25H,11H2,1H3,(H,41,42)(H,33,34,40). The summed E-state index contributed by atoms with van der Waals surface area (Å²) in [6, 6.07) is 19.4. The zero-order chi connectivity index (χ0) is 30.1. The molecule has 12 nitrogen and oxygen atoms in total. The second kappa shape index (κ2) is 11.3. The van der Waals surface area contributed by atoms with Gasteiger partial charge < -0.3 is 19.4 Å². The van der Waals surface area contributed by atoms with Gasteiger partial charge in [-0.2, -0.15) is 4.68 Å². The Morgan fingerprint density at radius 1 is 1.05 bits per heavy atom. The number of rotatable bonds is 8. The molecule has 3 aromatic carbocycles. The van der Waals surface area contributed by atoms with Crippen molar-refractivity contribution in [2.75, 3.05) is 7.11 Å². The largest absolute Gasteiger partial charge is 0.495 e. The van der Waals surface area contributed by atoms with Gasteiger partial charge in [0.25, 0.3) is 11.1 Å². The summed E-state index contributed by atoms with van der Waals surface area (Å²) in [5, 5.41) is 21.3. The molecule has 0 radical (unpaired) electrons. The third-order valence-corrected chi connectivity index (χ3v) is 7.24. The second-order valence-electron chi connectivity index (χ2n) is 9.61. The Labute approximate surface area is 247 Å². The minimum atomic E-state index is -1.16. The van der Waals surface area contributed by atoms with Crippen molar-refractivity contribution in [2.24, 2.45) is 0 Å². The maximum absolute atomic E-state index is 13.9. The molecule has 6 rings (SSSR count). The SMILES string of the molecule is COc1cn(C(Cc2ccccc2)c2nc3ccc(C(=O)O)cc3c(=O)[nH]2)c(=O)cc1-c1cc(Cl)ccc1-n1cnnn1. The van der Waals surface area contributed by atoms with E-state index in [2.05, 4.69) is 25.5 Å². The number of aromatic carboxylic acids is 1. The van der Waals surface area contributed by atoms with Crippen molar-refractivity contribution in [2.45, 2.75) is 12.5 Å². The lowest BCUT2D eigenvalue weighted by molar-refractivity contribution is 0.0697. The minimum Gasteiger partial charge on any atom is -0.495 e. The van der Waals surface area contributed by atoms with E-state index in [0.29, 0.717) is 39.5 Å². The monoisotopic (exact) mass is 595 g/mol. The van der Waals surface area contributed by atoms with Gasteiger partial charge in [0.2, 0.25) is 0 Å². The van der Waals surface area contributed by atoms with Crippen LogP contribution >= 0.6 is 11.6 Å². The number of nitrogens with one attached hydrogen (secondary N) is 1. The molecule has 0 fully saturated rings. The van der Waals surface area contributed by atoms with Crippen LogP contribution in [-0.4, -0.2) is 52.9 Å². The average Bonchev–Trinajstić information content (AvgIpc) is 3.55. The topological polar surface area (TPSA) is 158 Å². The van der Waals surface area contributed by atoms with Crippen LogP contribution in [0.1, 0.15) is 27.8 Å². The molecule has 0 saturated heterocycles. The predicted octanol–water partition coefficient (Wildman–Crippen LogP) is 3.92. The third-order valence-electron chi connectivity index (χ3n) is 7.00. The van der Waals surface area contributed by atoms with Gasteiger partial charge in [0.05, 0.1) is 41.5 Å². The van der Waals surface area contributed by atoms with Crippen LogP contribution < -0.4 is 15.9 Å². The van der Waals surface area contributed by atoms with Gasteiger partial charge in [-0.3, -0.25) is 9.59 Å². The quantitative estimate of drug-likeness (QED) is 0.266. The number of hydrogen-bond donors (Lipinski definition) is 2. The number of H-pyrrole nitrogens is 1. The van der Waals surface area contributed by atoms with E-state index in [1.807, 2.05) is 30.3 Å². The van der Waals surface area contributed by atoms with Crippen molar-refractivity contribution in [1.29, 1.82) is 0 Å². The first kappa shape index (κ1) is 27.5. The summed E-state index contributed by atoms with van der Waals surface area (Å²) < 4.78 is 8.67. The van der Waals surface area contributed by atoms with Crippen LogP contribution in [0.5, 0.6) is 5.75 Å². The number of fused-ring (bicyclic) bond motifs is 1. The number of pyridine rings is 1. The molecule has 0 amide bonds. The minimum absolute atomic E-state index is 0.0352. The zero-order valence-electron chi connectivity index (χ0n) is 22.5. The molecule has 43 heavy (non-hydrogen) atoms. The first-order chi connectivity index (χ1) is 20.8. The van der Waals surface area contributed by atoms with Crippen molar-refractivity contribution >= 4 is 28.5 Å². The number of carboxylic acid groups (broad SMARTS) is 1. The van der Waals surface area contributed by atoms with E-state index in [4.69, 9.17) is 16.3 Å². The molecule has 1 atom stereocenters. The van der Waals surface area contributed by atoms with E-state index in [9.17, 15) is 19.5 Å². The maximum Gasteiger partial charge on any atom is 0.335 e. The molecule has 214 valence electrons. The van der Waals surface area contributed by atoms with Crippen LogP contribution in [0.25, 0.3) is 27.7 Å². The number of carbonyl (C=O) groups is 1. The molecule has 1 unspecified atom stereocenters. The number of benzene rings is 3. The highest BCUT2D eigenvalue weighted by molar-refractivity contribution is 6.31. The highest BCUT2D eigenvalue weighted by Gasteiger charge is 2.23. The van der Waals surface area contributed by atoms with Gasteiger partial charge in [0, 0.05) is 28.6 Å². The fourth-order valence-electron chi connectivity index (χ4n) is 4.95. The van der Waals surface area contributed by atoms with Gasteiger partial charge in [0.15, 0.2) is 0 Å². The maximum atomic E-state index is 13.9. The van der Waals surface area contributed by atoms with Crippen LogP contribution in [0.3, 0.4) is 0 Å². The number of aromatic amines is 1. The Kier molecular flexibility index (Phi) is 7.26. The summed E-state index contributed by atoms with van der Waals surface area (Å²) in [5.74, 6) is -0.587. The number of nitrogens with zero attached hydrogens (tertiary/aromatic N) is 6. The molecule has 0 spiro atoms. The summed E-state index contributed by atoms with van der Waals surface area (Å²) >= 11 is 6.35. The fourth-order valence-corrected chi connectivity index (χ4v) is 5.12. The Balaban J connectivity index is 1.54. The van der Waals surface area contributed by atoms with Crippen molar-refractivity contribution in [3.8, 4) is 22.6 Å². The number of halogens is 1. The molecule has 6 aromatic rings. The van der Waals surface area contributed by atoms with Crippen LogP contribution in [0.2, 0.25) is 5.02 Å². The lowest BCUT2D eigenvalue weighted by Crippen LogP contribution is -2.29. The van der Waals surface area contributed by atoms with E-state index in [-0.39, 0.29) is 16.8 Å². The lowest BCUT2D eigenvalue weighted by atomic mass is 10.0. The van der Waals surface area contributed by atoms with Crippen molar-refractivity contribution in [3.05, 3.63) is 128 Å². The number of ether oxygens (including phenoxy) is 1. The summed E-state index contributed by atoms with van der Waals surface area (Å²) in [4.78, 5) is 45.9. The van der Waals surface area contributed by atoms with E-state index in [1.54, 1.807) is 24.4 Å². The number of tetrazole rings is 1. The molecule has 3 heterocycles. The molecule has 3 aromatic heterocycles. The summed E-state index contributed by atoms with van der Waals surface area (Å²) in [6.45, 7) is 0. The highest BCUT2D eigenvalue weighted by atomic mass is 35.5. The van der Waals surface area contributed by atoms with Crippen molar-refractivity contribution < 1.29 is 14.6 Å². The first-order valence-electron chi connectivity index (χ1n) is 13.0. The zero-order valence-corrected chi connectivity index (χ0v) is 23.3. The van der Waals surface area contributed by atoms with E-state index < -0.39 is 23.1 Å². The van der Waals surface area contributed by atoms with Crippen molar-refractivity contribution in [3.63, 3.8) is 0 Å². The van der Waals surface area contributed by atoms with E-state index >= 15 is 0 Å². The molecule has 2 N–H and O–H groups in total. The summed E-state index contributed by atoms with van der Waals surface area (Å²) in [5.41, 5.74) is 1.82. The van der Waals surface area contributed by atoms with E-state index in [1.165, 1.54) is 47.0 Å². The molecule has 13 heteroatoms. The van der Waals surface area contributed by atoms with Crippen molar-refractivity contribution in [1.82, 2.24) is 34.7 Å². The number of aromatic nitrogens is 7. The van der Waals surface area contributed by atoms with Gasteiger partial charge in [-0.1, -0.05) is 41.9 Å². The van der Waals surface area contributed by atoms with E-state index in [0.717, 1.165) is 5.56 Å². The normalized spacial score (nSPS) is 11.9. The lowest BCUT2D eigenvalue weighted by Gasteiger charge is -2.22. The Morgan fingerprint density at radius 3 is 2.58 bits per heavy atom. The predicted molar refractivity (Wildman–Crippen MR) is 158 cm³/mol. The summed E-state index contributed by atoms with van der Waals surface area (Å²) in [6.07, 6.45) is 3.29. The van der Waals surface area contributed by atoms with Gasteiger partial charge in [-0.25, -0.2) is 9.78 Å². The highest BCUT2D eigenvalue weighted by Crippen LogP contribution is 2.35. The molecular formula is C30H22ClN7O5. The van der Waals surface area contributed by atoms with Gasteiger partial charge in [0.1, 0.15) is 17.9 Å². The average molecular weight is 596 g/mol. The second-order valence-corrected chi connectivity index (χ2v) is 10.0.